The van der Waals surface area contributed by atoms with Crippen LogP contribution in [0.1, 0.15) is 5.56 Å². The van der Waals surface area contributed by atoms with E-state index in [1.807, 2.05) is 36.4 Å². The van der Waals surface area contributed by atoms with Crippen molar-refractivity contribution in [2.24, 2.45) is 0 Å². The van der Waals surface area contributed by atoms with Crippen molar-refractivity contribution in [3.63, 3.8) is 0 Å². The predicted molar refractivity (Wildman–Crippen MR) is 60.3 cm³/mol. The summed E-state index contributed by atoms with van der Waals surface area (Å²) in [7, 11) is 1.65. The fourth-order valence-electron chi connectivity index (χ4n) is 1.62. The van der Waals surface area contributed by atoms with Gasteiger partial charge in [0.05, 0.1) is 7.11 Å². The first-order valence-electron chi connectivity index (χ1n) is 4.84. The summed E-state index contributed by atoms with van der Waals surface area (Å²) in [6.45, 7) is 0. The normalized spacial score (nSPS) is 10.2. The van der Waals surface area contributed by atoms with Crippen molar-refractivity contribution in [2.45, 2.75) is 6.42 Å². The van der Waals surface area contributed by atoms with E-state index in [1.165, 1.54) is 0 Å². The van der Waals surface area contributed by atoms with Gasteiger partial charge in [0.2, 0.25) is 0 Å². The molecular weight excluding hydrogens is 188 g/mol. The maximum atomic E-state index is 10.4. The molecule has 0 saturated carbocycles. The molecule has 2 rings (SSSR count). The molecule has 0 aliphatic heterocycles. The molecule has 0 N–H and O–H groups in total. The first-order valence-corrected chi connectivity index (χ1v) is 4.84. The van der Waals surface area contributed by atoms with Crippen molar-refractivity contribution < 1.29 is 9.53 Å². The summed E-state index contributed by atoms with van der Waals surface area (Å²) in [5.74, 6) is 0.852. The molecule has 76 valence electrons. The number of carbonyl (C=O) groups is 1. The van der Waals surface area contributed by atoms with Crippen LogP contribution in [-0.4, -0.2) is 13.4 Å². The summed E-state index contributed by atoms with van der Waals surface area (Å²) in [6, 6.07) is 11.9. The molecule has 0 amide bonds. The highest BCUT2D eigenvalue weighted by Crippen LogP contribution is 2.21. The summed E-state index contributed by atoms with van der Waals surface area (Å²) >= 11 is 0. The first-order chi connectivity index (χ1) is 7.33. The Morgan fingerprint density at radius 3 is 2.60 bits per heavy atom. The second kappa shape index (κ2) is 4.13. The lowest BCUT2D eigenvalue weighted by atomic mass is 10.1. The molecule has 2 heteroatoms. The molecule has 0 aromatic heterocycles. The van der Waals surface area contributed by atoms with Gasteiger partial charge in [-0.1, -0.05) is 24.3 Å². The molecule has 0 aliphatic rings. The van der Waals surface area contributed by atoms with Gasteiger partial charge in [0.15, 0.2) is 0 Å². The van der Waals surface area contributed by atoms with Crippen molar-refractivity contribution in [3.05, 3.63) is 42.0 Å². The van der Waals surface area contributed by atoms with Gasteiger partial charge in [-0.05, 0) is 28.5 Å². The minimum absolute atomic E-state index is 0.474. The maximum Gasteiger partial charge on any atom is 0.124 e. The number of aldehydes is 1. The molecule has 2 aromatic carbocycles. The van der Waals surface area contributed by atoms with Gasteiger partial charge >= 0.3 is 0 Å². The molecule has 0 bridgehead atoms. The standard InChI is InChI=1S/C13H12O2/c1-15-13-5-4-11-8-10(6-7-14)2-3-12(11)9-13/h2-5,7-9H,6H2,1H3. The molecule has 0 unspecified atom stereocenters. The number of hydrogen-bond donors (Lipinski definition) is 0. The van der Waals surface area contributed by atoms with Crippen LogP contribution in [0.3, 0.4) is 0 Å². The minimum atomic E-state index is 0.474. The SMILES string of the molecule is COc1ccc2cc(CC=O)ccc2c1. The summed E-state index contributed by atoms with van der Waals surface area (Å²) < 4.78 is 5.14. The Balaban J connectivity index is 2.49. The molecule has 0 aliphatic carbocycles. The molecule has 2 nitrogen and oxygen atoms in total. The molecule has 15 heavy (non-hydrogen) atoms. The lowest BCUT2D eigenvalue weighted by Gasteiger charge is -2.03. The van der Waals surface area contributed by atoms with E-state index in [0.29, 0.717) is 6.42 Å². The highest BCUT2D eigenvalue weighted by molar-refractivity contribution is 5.85. The van der Waals surface area contributed by atoms with E-state index in [4.69, 9.17) is 4.74 Å². The Labute approximate surface area is 88.5 Å². The Hall–Kier alpha value is -1.83. The monoisotopic (exact) mass is 200 g/mol. The van der Waals surface area contributed by atoms with E-state index >= 15 is 0 Å². The van der Waals surface area contributed by atoms with Crippen LogP contribution in [0.2, 0.25) is 0 Å². The van der Waals surface area contributed by atoms with Gasteiger partial charge in [-0.2, -0.15) is 0 Å². The van der Waals surface area contributed by atoms with E-state index in [-0.39, 0.29) is 0 Å². The zero-order valence-electron chi connectivity index (χ0n) is 8.57. The van der Waals surface area contributed by atoms with Gasteiger partial charge in [-0.15, -0.1) is 0 Å². The molecule has 2 aromatic rings. The minimum Gasteiger partial charge on any atom is -0.497 e. The van der Waals surface area contributed by atoms with Gasteiger partial charge in [-0.25, -0.2) is 0 Å². The Bertz CT molecular complexity index is 489. The van der Waals surface area contributed by atoms with E-state index in [9.17, 15) is 4.79 Å². The lowest BCUT2D eigenvalue weighted by Crippen LogP contribution is -1.86. The highest BCUT2D eigenvalue weighted by Gasteiger charge is 1.98. The van der Waals surface area contributed by atoms with Crippen LogP contribution in [-0.2, 0) is 11.2 Å². The quantitative estimate of drug-likeness (QED) is 0.712. The van der Waals surface area contributed by atoms with Crippen LogP contribution < -0.4 is 4.74 Å². The van der Waals surface area contributed by atoms with E-state index in [1.54, 1.807) is 7.11 Å². The zero-order valence-corrected chi connectivity index (χ0v) is 8.57. The van der Waals surface area contributed by atoms with Crippen LogP contribution in [0.4, 0.5) is 0 Å². The van der Waals surface area contributed by atoms with Crippen molar-refractivity contribution in [3.8, 4) is 5.75 Å². The third-order valence-corrected chi connectivity index (χ3v) is 2.43. The maximum absolute atomic E-state index is 10.4. The molecule has 0 spiro atoms. The third-order valence-electron chi connectivity index (χ3n) is 2.43. The number of fused-ring (bicyclic) bond motifs is 1. The molecule has 0 radical (unpaired) electrons. The fourth-order valence-corrected chi connectivity index (χ4v) is 1.62. The smallest absolute Gasteiger partial charge is 0.124 e. The van der Waals surface area contributed by atoms with Crippen LogP contribution in [0.25, 0.3) is 10.8 Å². The number of ether oxygens (including phenoxy) is 1. The summed E-state index contributed by atoms with van der Waals surface area (Å²) in [6.07, 6.45) is 1.40. The number of hydrogen-bond acceptors (Lipinski definition) is 2. The number of benzene rings is 2. The average Bonchev–Trinajstić information content (AvgIpc) is 2.29. The van der Waals surface area contributed by atoms with Crippen LogP contribution >= 0.6 is 0 Å². The Kier molecular flexibility index (Phi) is 2.68. The summed E-state index contributed by atoms with van der Waals surface area (Å²) in [5.41, 5.74) is 1.04. The van der Waals surface area contributed by atoms with Gasteiger partial charge in [0.1, 0.15) is 12.0 Å². The largest absolute Gasteiger partial charge is 0.497 e. The highest BCUT2D eigenvalue weighted by atomic mass is 16.5. The van der Waals surface area contributed by atoms with Crippen molar-refractivity contribution >= 4 is 17.1 Å². The Morgan fingerprint density at radius 1 is 1.13 bits per heavy atom. The van der Waals surface area contributed by atoms with Gasteiger partial charge < -0.3 is 9.53 Å². The van der Waals surface area contributed by atoms with Crippen molar-refractivity contribution in [1.82, 2.24) is 0 Å². The third kappa shape index (κ3) is 1.99. The van der Waals surface area contributed by atoms with Crippen molar-refractivity contribution in [2.75, 3.05) is 7.11 Å². The topological polar surface area (TPSA) is 26.3 Å². The second-order valence-electron chi connectivity index (χ2n) is 3.42. The van der Waals surface area contributed by atoms with Crippen LogP contribution in [0.15, 0.2) is 36.4 Å². The second-order valence-corrected chi connectivity index (χ2v) is 3.42. The van der Waals surface area contributed by atoms with E-state index in [2.05, 4.69) is 0 Å². The molecular formula is C13H12O2. The van der Waals surface area contributed by atoms with Crippen LogP contribution in [0.5, 0.6) is 5.75 Å². The number of rotatable bonds is 3. The first kappa shape index (κ1) is 9.71. The van der Waals surface area contributed by atoms with Gasteiger partial charge in [-0.3, -0.25) is 0 Å². The van der Waals surface area contributed by atoms with E-state index in [0.717, 1.165) is 28.4 Å². The number of carbonyl (C=O) groups excluding carboxylic acids is 1. The average molecular weight is 200 g/mol. The van der Waals surface area contributed by atoms with E-state index < -0.39 is 0 Å². The lowest BCUT2D eigenvalue weighted by molar-refractivity contribution is -0.107. The molecule has 0 heterocycles. The molecule has 0 fully saturated rings. The fraction of sp³-hybridized carbons (Fsp3) is 0.154. The van der Waals surface area contributed by atoms with Gasteiger partial charge in [0, 0.05) is 6.42 Å². The Morgan fingerprint density at radius 2 is 1.87 bits per heavy atom. The zero-order chi connectivity index (χ0) is 10.7. The molecule has 0 saturated heterocycles. The predicted octanol–water partition coefficient (Wildman–Crippen LogP) is 2.59. The summed E-state index contributed by atoms with van der Waals surface area (Å²) in [4.78, 5) is 10.4. The van der Waals surface area contributed by atoms with Crippen LogP contribution in [0, 0.1) is 0 Å². The molecule has 0 atom stereocenters. The van der Waals surface area contributed by atoms with Gasteiger partial charge in [0.25, 0.3) is 0 Å². The van der Waals surface area contributed by atoms with Crippen molar-refractivity contribution in [1.29, 1.82) is 0 Å². The number of methoxy groups -OCH3 is 1. The summed E-state index contributed by atoms with van der Waals surface area (Å²) in [5, 5.41) is 2.26.